The summed E-state index contributed by atoms with van der Waals surface area (Å²) in [5, 5.41) is 0.569. The number of hydrogen-bond acceptors (Lipinski definition) is 2. The number of ether oxygens (including phenoxy) is 2. The second-order valence-corrected chi connectivity index (χ2v) is 4.42. The fourth-order valence-electron chi connectivity index (χ4n) is 1.02. The fraction of sp³-hybridized carbons (Fsp3) is 0.455. The topological polar surface area (TPSA) is 18.5 Å². The molecule has 0 amide bonds. The van der Waals surface area contributed by atoms with E-state index < -0.39 is 0 Å². The van der Waals surface area contributed by atoms with Crippen LogP contribution in [0.2, 0.25) is 5.02 Å². The van der Waals surface area contributed by atoms with E-state index in [0.29, 0.717) is 10.8 Å². The van der Waals surface area contributed by atoms with Gasteiger partial charge in [0.15, 0.2) is 0 Å². The molecule has 78 valence electrons. The minimum atomic E-state index is -0.238. The lowest BCUT2D eigenvalue weighted by molar-refractivity contribution is 0.131. The Bertz CT molecular complexity index is 316. The number of hydrogen-bond donors (Lipinski definition) is 0. The van der Waals surface area contributed by atoms with E-state index in [9.17, 15) is 0 Å². The molecule has 1 aromatic carbocycles. The molecule has 3 heteroatoms. The van der Waals surface area contributed by atoms with Gasteiger partial charge in [0.25, 0.3) is 0 Å². The van der Waals surface area contributed by atoms with Gasteiger partial charge in [0.2, 0.25) is 0 Å². The first-order valence-electron chi connectivity index (χ1n) is 4.45. The van der Waals surface area contributed by atoms with Gasteiger partial charge in [-0.05, 0) is 32.9 Å². The molecule has 0 aromatic heterocycles. The molecule has 0 saturated carbocycles. The molecule has 0 saturated heterocycles. The average Bonchev–Trinajstić information content (AvgIpc) is 2.06. The van der Waals surface area contributed by atoms with E-state index in [1.807, 2.05) is 32.9 Å². The van der Waals surface area contributed by atoms with Crippen molar-refractivity contribution in [2.45, 2.75) is 26.4 Å². The van der Waals surface area contributed by atoms with Crippen LogP contribution in [0.3, 0.4) is 0 Å². The zero-order valence-corrected chi connectivity index (χ0v) is 9.68. The van der Waals surface area contributed by atoms with Crippen LogP contribution >= 0.6 is 11.6 Å². The molecule has 0 aliphatic carbocycles. The SMILES string of the molecule is COc1ccc(OC(C)(C)C)c(Cl)c1. The summed E-state index contributed by atoms with van der Waals surface area (Å²) in [6.07, 6.45) is 0. The van der Waals surface area contributed by atoms with Crippen LogP contribution in [0.5, 0.6) is 11.5 Å². The molecule has 0 aliphatic rings. The van der Waals surface area contributed by atoms with Gasteiger partial charge in [-0.3, -0.25) is 0 Å². The summed E-state index contributed by atoms with van der Waals surface area (Å²) in [5.74, 6) is 1.41. The summed E-state index contributed by atoms with van der Waals surface area (Å²) in [5.41, 5.74) is -0.238. The van der Waals surface area contributed by atoms with E-state index in [2.05, 4.69) is 0 Å². The van der Waals surface area contributed by atoms with Gasteiger partial charge in [0, 0.05) is 6.07 Å². The Labute approximate surface area is 89.8 Å². The van der Waals surface area contributed by atoms with Crippen molar-refractivity contribution in [3.63, 3.8) is 0 Å². The van der Waals surface area contributed by atoms with Crippen LogP contribution in [0, 0.1) is 0 Å². The lowest BCUT2D eigenvalue weighted by Crippen LogP contribution is -2.23. The third-order valence-electron chi connectivity index (χ3n) is 1.56. The molecule has 1 rings (SSSR count). The van der Waals surface area contributed by atoms with E-state index >= 15 is 0 Å². The smallest absolute Gasteiger partial charge is 0.138 e. The molecule has 0 fully saturated rings. The first kappa shape index (κ1) is 11.2. The highest BCUT2D eigenvalue weighted by Crippen LogP contribution is 2.30. The summed E-state index contributed by atoms with van der Waals surface area (Å²) < 4.78 is 10.7. The van der Waals surface area contributed by atoms with Gasteiger partial charge in [-0.1, -0.05) is 11.6 Å². The van der Waals surface area contributed by atoms with E-state index in [4.69, 9.17) is 21.1 Å². The van der Waals surface area contributed by atoms with Gasteiger partial charge in [-0.2, -0.15) is 0 Å². The Morgan fingerprint density at radius 2 is 1.86 bits per heavy atom. The Kier molecular flexibility index (Phi) is 3.27. The number of halogens is 1. The Hall–Kier alpha value is -0.890. The monoisotopic (exact) mass is 214 g/mol. The van der Waals surface area contributed by atoms with Crippen molar-refractivity contribution in [2.75, 3.05) is 7.11 Å². The molecular formula is C11H15ClO2. The first-order chi connectivity index (χ1) is 6.42. The van der Waals surface area contributed by atoms with E-state index in [1.165, 1.54) is 0 Å². The summed E-state index contributed by atoms with van der Waals surface area (Å²) in [6.45, 7) is 5.94. The molecule has 0 atom stereocenters. The summed E-state index contributed by atoms with van der Waals surface area (Å²) in [4.78, 5) is 0. The van der Waals surface area contributed by atoms with Crippen molar-refractivity contribution in [3.05, 3.63) is 23.2 Å². The summed E-state index contributed by atoms with van der Waals surface area (Å²) >= 11 is 6.01. The third kappa shape index (κ3) is 3.11. The Morgan fingerprint density at radius 3 is 2.29 bits per heavy atom. The minimum absolute atomic E-state index is 0.238. The van der Waals surface area contributed by atoms with Crippen molar-refractivity contribution in [1.82, 2.24) is 0 Å². The van der Waals surface area contributed by atoms with Crippen LogP contribution in [0.15, 0.2) is 18.2 Å². The zero-order chi connectivity index (χ0) is 10.8. The first-order valence-corrected chi connectivity index (χ1v) is 4.83. The van der Waals surface area contributed by atoms with Gasteiger partial charge in [0.05, 0.1) is 12.1 Å². The maximum atomic E-state index is 6.01. The third-order valence-corrected chi connectivity index (χ3v) is 1.85. The van der Waals surface area contributed by atoms with E-state index in [0.717, 1.165) is 5.75 Å². The van der Waals surface area contributed by atoms with Crippen LogP contribution in [0.4, 0.5) is 0 Å². The van der Waals surface area contributed by atoms with Crippen molar-refractivity contribution in [2.24, 2.45) is 0 Å². The number of benzene rings is 1. The highest BCUT2D eigenvalue weighted by atomic mass is 35.5. The summed E-state index contributed by atoms with van der Waals surface area (Å²) in [7, 11) is 1.61. The second-order valence-electron chi connectivity index (χ2n) is 4.01. The van der Waals surface area contributed by atoms with Crippen molar-refractivity contribution in [3.8, 4) is 11.5 Å². The van der Waals surface area contributed by atoms with Gasteiger partial charge in [0.1, 0.15) is 17.1 Å². The van der Waals surface area contributed by atoms with Crippen LogP contribution in [-0.4, -0.2) is 12.7 Å². The standard InChI is InChI=1S/C11H15ClO2/c1-11(2,3)14-10-6-5-8(13-4)7-9(10)12/h5-7H,1-4H3. The molecule has 0 aliphatic heterocycles. The van der Waals surface area contributed by atoms with Gasteiger partial charge in [-0.15, -0.1) is 0 Å². The predicted octanol–water partition coefficient (Wildman–Crippen LogP) is 3.53. The number of methoxy groups -OCH3 is 1. The molecular weight excluding hydrogens is 200 g/mol. The molecule has 2 nitrogen and oxygen atoms in total. The predicted molar refractivity (Wildman–Crippen MR) is 58.4 cm³/mol. The zero-order valence-electron chi connectivity index (χ0n) is 8.93. The quantitative estimate of drug-likeness (QED) is 0.750. The van der Waals surface area contributed by atoms with Gasteiger partial charge >= 0.3 is 0 Å². The van der Waals surface area contributed by atoms with Crippen LogP contribution in [-0.2, 0) is 0 Å². The van der Waals surface area contributed by atoms with Crippen molar-refractivity contribution in [1.29, 1.82) is 0 Å². The minimum Gasteiger partial charge on any atom is -0.497 e. The van der Waals surface area contributed by atoms with Gasteiger partial charge in [-0.25, -0.2) is 0 Å². The molecule has 1 aromatic rings. The molecule has 0 spiro atoms. The van der Waals surface area contributed by atoms with Crippen molar-refractivity contribution >= 4 is 11.6 Å². The molecule has 0 heterocycles. The molecule has 0 bridgehead atoms. The summed E-state index contributed by atoms with van der Waals surface area (Å²) in [6, 6.07) is 5.38. The average molecular weight is 215 g/mol. The number of rotatable bonds is 2. The maximum Gasteiger partial charge on any atom is 0.138 e. The highest BCUT2D eigenvalue weighted by Gasteiger charge is 2.14. The normalized spacial score (nSPS) is 11.2. The van der Waals surface area contributed by atoms with E-state index in [1.54, 1.807) is 13.2 Å². The molecule has 0 unspecified atom stereocenters. The fourth-order valence-corrected chi connectivity index (χ4v) is 1.23. The highest BCUT2D eigenvalue weighted by molar-refractivity contribution is 6.32. The van der Waals surface area contributed by atoms with Crippen LogP contribution in [0.1, 0.15) is 20.8 Å². The molecule has 14 heavy (non-hydrogen) atoms. The van der Waals surface area contributed by atoms with E-state index in [-0.39, 0.29) is 5.60 Å². The van der Waals surface area contributed by atoms with Crippen LogP contribution in [0.25, 0.3) is 0 Å². The second kappa shape index (κ2) is 4.09. The lowest BCUT2D eigenvalue weighted by Gasteiger charge is -2.22. The largest absolute Gasteiger partial charge is 0.497 e. The molecule has 0 N–H and O–H groups in total. The maximum absolute atomic E-state index is 6.01. The molecule has 0 radical (unpaired) electrons. The Balaban J connectivity index is 2.89. The van der Waals surface area contributed by atoms with Crippen molar-refractivity contribution < 1.29 is 9.47 Å². The lowest BCUT2D eigenvalue weighted by atomic mass is 10.2. The van der Waals surface area contributed by atoms with Crippen LogP contribution < -0.4 is 9.47 Å². The Morgan fingerprint density at radius 1 is 1.21 bits per heavy atom. The van der Waals surface area contributed by atoms with Gasteiger partial charge < -0.3 is 9.47 Å².